The molecule has 2 aromatic carbocycles. The molecule has 3 aromatic rings. The highest BCUT2D eigenvalue weighted by Gasteiger charge is 2.20. The molecule has 0 aliphatic heterocycles. The molecule has 11 nitrogen and oxygen atoms in total. The Morgan fingerprint density at radius 3 is 2.33 bits per heavy atom. The van der Waals surface area contributed by atoms with E-state index in [-0.39, 0.29) is 18.1 Å². The highest BCUT2D eigenvalue weighted by atomic mass is 16.5. The van der Waals surface area contributed by atoms with Crippen molar-refractivity contribution in [3.8, 4) is 11.5 Å². The van der Waals surface area contributed by atoms with Crippen LogP contribution in [0.25, 0.3) is 0 Å². The standard InChI is InChI=1S/C22H23N5O6/c1-13-20(21(29)24-17-11-16(31-2)9-10-18(17)32-3)25-26-27(13)12-19(28)23-15-7-5-14(6-8-15)22(30)33-4/h5-11H,12H2,1-4H3,(H,23,28)(H,24,29). The predicted molar refractivity (Wildman–Crippen MR) is 119 cm³/mol. The molecule has 11 heteroatoms. The van der Waals surface area contributed by atoms with Gasteiger partial charge in [-0.05, 0) is 43.3 Å². The summed E-state index contributed by atoms with van der Waals surface area (Å²) in [5.41, 5.74) is 1.74. The van der Waals surface area contributed by atoms with Crippen molar-refractivity contribution in [1.82, 2.24) is 15.0 Å². The number of hydrogen-bond donors (Lipinski definition) is 2. The number of anilines is 2. The highest BCUT2D eigenvalue weighted by molar-refractivity contribution is 6.04. The topological polar surface area (TPSA) is 134 Å². The Morgan fingerprint density at radius 1 is 0.970 bits per heavy atom. The lowest BCUT2D eigenvalue weighted by Crippen LogP contribution is -2.21. The number of carbonyl (C=O) groups excluding carboxylic acids is 3. The van der Waals surface area contributed by atoms with E-state index >= 15 is 0 Å². The fourth-order valence-electron chi connectivity index (χ4n) is 2.96. The van der Waals surface area contributed by atoms with Gasteiger partial charge in [-0.2, -0.15) is 0 Å². The van der Waals surface area contributed by atoms with E-state index in [2.05, 4.69) is 25.7 Å². The fourth-order valence-corrected chi connectivity index (χ4v) is 2.96. The maximum Gasteiger partial charge on any atom is 0.337 e. The third-order valence-corrected chi connectivity index (χ3v) is 4.74. The van der Waals surface area contributed by atoms with Crippen LogP contribution in [0.3, 0.4) is 0 Å². The van der Waals surface area contributed by atoms with Gasteiger partial charge < -0.3 is 24.8 Å². The summed E-state index contributed by atoms with van der Waals surface area (Å²) in [6.07, 6.45) is 0. The van der Waals surface area contributed by atoms with Crippen LogP contribution in [0.2, 0.25) is 0 Å². The number of nitrogens with zero attached hydrogens (tertiary/aromatic N) is 3. The van der Waals surface area contributed by atoms with Crippen molar-refractivity contribution < 1.29 is 28.6 Å². The van der Waals surface area contributed by atoms with Crippen LogP contribution in [-0.2, 0) is 16.1 Å². The van der Waals surface area contributed by atoms with Gasteiger partial charge in [0.05, 0.1) is 38.3 Å². The molecule has 1 heterocycles. The van der Waals surface area contributed by atoms with Crippen molar-refractivity contribution in [3.63, 3.8) is 0 Å². The summed E-state index contributed by atoms with van der Waals surface area (Å²) in [7, 11) is 4.29. The molecule has 172 valence electrons. The first kappa shape index (κ1) is 23.3. The number of aromatic nitrogens is 3. The van der Waals surface area contributed by atoms with Crippen LogP contribution < -0.4 is 20.1 Å². The molecule has 0 saturated heterocycles. The molecular weight excluding hydrogens is 430 g/mol. The molecule has 0 unspecified atom stereocenters. The Morgan fingerprint density at radius 2 is 1.70 bits per heavy atom. The highest BCUT2D eigenvalue weighted by Crippen LogP contribution is 2.29. The second kappa shape index (κ2) is 10.3. The number of rotatable bonds is 8. The van der Waals surface area contributed by atoms with Crippen molar-refractivity contribution in [2.24, 2.45) is 0 Å². The van der Waals surface area contributed by atoms with Crippen LogP contribution >= 0.6 is 0 Å². The Labute approximate surface area is 189 Å². The Hall–Kier alpha value is -4.41. The minimum atomic E-state index is -0.510. The molecule has 2 amide bonds. The van der Waals surface area contributed by atoms with Crippen molar-refractivity contribution in [3.05, 3.63) is 59.4 Å². The number of amides is 2. The van der Waals surface area contributed by atoms with E-state index in [0.717, 1.165) is 0 Å². The van der Waals surface area contributed by atoms with E-state index in [4.69, 9.17) is 9.47 Å². The lowest BCUT2D eigenvalue weighted by molar-refractivity contribution is -0.117. The summed E-state index contributed by atoms with van der Waals surface area (Å²) >= 11 is 0. The lowest BCUT2D eigenvalue weighted by atomic mass is 10.2. The van der Waals surface area contributed by atoms with E-state index in [1.165, 1.54) is 38.1 Å². The number of ether oxygens (including phenoxy) is 3. The number of esters is 1. The smallest absolute Gasteiger partial charge is 0.337 e. The lowest BCUT2D eigenvalue weighted by Gasteiger charge is -2.11. The number of carbonyl (C=O) groups is 3. The summed E-state index contributed by atoms with van der Waals surface area (Å²) < 4.78 is 16.4. The molecule has 0 spiro atoms. The molecule has 0 bridgehead atoms. The molecule has 3 rings (SSSR count). The fraction of sp³-hybridized carbons (Fsp3) is 0.227. The second-order valence-corrected chi connectivity index (χ2v) is 6.82. The van der Waals surface area contributed by atoms with Gasteiger partial charge in [0, 0.05) is 11.8 Å². The minimum absolute atomic E-state index is 0.0649. The quantitative estimate of drug-likeness (QED) is 0.496. The van der Waals surface area contributed by atoms with Crippen molar-refractivity contribution in [1.29, 1.82) is 0 Å². The summed E-state index contributed by atoms with van der Waals surface area (Å²) in [5.74, 6) is -0.364. The van der Waals surface area contributed by atoms with E-state index in [1.54, 1.807) is 37.3 Å². The van der Waals surface area contributed by atoms with Crippen molar-refractivity contribution in [2.75, 3.05) is 32.0 Å². The zero-order valence-corrected chi connectivity index (χ0v) is 18.5. The monoisotopic (exact) mass is 453 g/mol. The molecule has 0 saturated carbocycles. The summed E-state index contributed by atoms with van der Waals surface area (Å²) in [6, 6.07) is 11.2. The first-order valence-corrected chi connectivity index (χ1v) is 9.78. The van der Waals surface area contributed by atoms with Crippen molar-refractivity contribution in [2.45, 2.75) is 13.5 Å². The third kappa shape index (κ3) is 5.45. The zero-order valence-electron chi connectivity index (χ0n) is 18.5. The van der Waals surface area contributed by atoms with Gasteiger partial charge in [0.15, 0.2) is 5.69 Å². The Balaban J connectivity index is 1.67. The maximum atomic E-state index is 12.7. The van der Waals surface area contributed by atoms with Gasteiger partial charge in [0.1, 0.15) is 18.0 Å². The van der Waals surface area contributed by atoms with Gasteiger partial charge in [0.2, 0.25) is 5.91 Å². The van der Waals surface area contributed by atoms with Gasteiger partial charge in [0.25, 0.3) is 5.91 Å². The Kier molecular flexibility index (Phi) is 7.24. The van der Waals surface area contributed by atoms with E-state index in [1.807, 2.05) is 0 Å². The van der Waals surface area contributed by atoms with Crippen LogP contribution in [0.4, 0.5) is 11.4 Å². The minimum Gasteiger partial charge on any atom is -0.497 e. The molecule has 0 radical (unpaired) electrons. The van der Waals surface area contributed by atoms with Crippen LogP contribution in [0.5, 0.6) is 11.5 Å². The molecule has 1 aromatic heterocycles. The molecule has 0 atom stereocenters. The SMILES string of the molecule is COC(=O)c1ccc(NC(=O)Cn2nnc(C(=O)Nc3cc(OC)ccc3OC)c2C)cc1. The van der Waals surface area contributed by atoms with Crippen LogP contribution in [-0.4, -0.2) is 54.1 Å². The number of benzene rings is 2. The maximum absolute atomic E-state index is 12.7. The Bertz CT molecular complexity index is 1170. The molecular formula is C22H23N5O6. The van der Waals surface area contributed by atoms with Gasteiger partial charge in [-0.3, -0.25) is 9.59 Å². The van der Waals surface area contributed by atoms with Gasteiger partial charge >= 0.3 is 5.97 Å². The average Bonchev–Trinajstić information content (AvgIpc) is 3.18. The van der Waals surface area contributed by atoms with Crippen LogP contribution in [0.15, 0.2) is 42.5 Å². The van der Waals surface area contributed by atoms with Crippen molar-refractivity contribution >= 4 is 29.2 Å². The summed E-state index contributed by atoms with van der Waals surface area (Å²) in [6.45, 7) is 1.48. The van der Waals surface area contributed by atoms with E-state index < -0.39 is 11.9 Å². The zero-order chi connectivity index (χ0) is 24.0. The van der Waals surface area contributed by atoms with Crippen LogP contribution in [0.1, 0.15) is 26.5 Å². The first-order chi connectivity index (χ1) is 15.9. The second-order valence-electron chi connectivity index (χ2n) is 6.82. The van der Waals surface area contributed by atoms with Gasteiger partial charge in [-0.1, -0.05) is 5.21 Å². The average molecular weight is 453 g/mol. The van der Waals surface area contributed by atoms with Gasteiger partial charge in [-0.25, -0.2) is 9.48 Å². The number of nitrogens with one attached hydrogen (secondary N) is 2. The van der Waals surface area contributed by atoms with E-state index in [0.29, 0.717) is 34.1 Å². The molecule has 0 fully saturated rings. The summed E-state index contributed by atoms with van der Waals surface area (Å²) in [5, 5.41) is 13.2. The predicted octanol–water partition coefficient (Wildman–Crippen LogP) is 2.28. The largest absolute Gasteiger partial charge is 0.497 e. The summed E-state index contributed by atoms with van der Waals surface area (Å²) in [4.78, 5) is 36.6. The first-order valence-electron chi connectivity index (χ1n) is 9.78. The normalized spacial score (nSPS) is 10.3. The molecule has 33 heavy (non-hydrogen) atoms. The molecule has 2 N–H and O–H groups in total. The number of hydrogen-bond acceptors (Lipinski definition) is 8. The third-order valence-electron chi connectivity index (χ3n) is 4.74. The molecule has 0 aliphatic rings. The van der Waals surface area contributed by atoms with Gasteiger partial charge in [-0.15, -0.1) is 5.10 Å². The molecule has 0 aliphatic carbocycles. The van der Waals surface area contributed by atoms with Crippen LogP contribution in [0, 0.1) is 6.92 Å². The van der Waals surface area contributed by atoms with E-state index in [9.17, 15) is 14.4 Å². The number of methoxy groups -OCH3 is 3.